The second kappa shape index (κ2) is 14.3. The van der Waals surface area contributed by atoms with Crippen molar-refractivity contribution in [3.63, 3.8) is 0 Å². The molecule has 2 saturated heterocycles. The van der Waals surface area contributed by atoms with E-state index in [0.717, 1.165) is 32.1 Å². The Kier molecular flexibility index (Phi) is 11.4. The summed E-state index contributed by atoms with van der Waals surface area (Å²) in [6.07, 6.45) is 6.57. The van der Waals surface area contributed by atoms with Crippen LogP contribution in [0, 0.1) is 17.3 Å². The van der Waals surface area contributed by atoms with Crippen molar-refractivity contribution in [1.82, 2.24) is 25.8 Å². The van der Waals surface area contributed by atoms with Gasteiger partial charge >= 0.3 is 6.03 Å². The summed E-state index contributed by atoms with van der Waals surface area (Å²) in [5, 5.41) is 8.53. The van der Waals surface area contributed by atoms with E-state index >= 15 is 0 Å². The summed E-state index contributed by atoms with van der Waals surface area (Å²) >= 11 is 0. The van der Waals surface area contributed by atoms with Crippen molar-refractivity contribution in [2.45, 2.75) is 117 Å². The Labute approximate surface area is 249 Å². The zero-order valence-corrected chi connectivity index (χ0v) is 25.9. The van der Waals surface area contributed by atoms with E-state index in [1.54, 1.807) is 4.90 Å². The molecule has 1 aliphatic carbocycles. The van der Waals surface area contributed by atoms with Gasteiger partial charge in [0, 0.05) is 26.1 Å². The molecule has 2 aliphatic heterocycles. The fraction of sp³-hybridized carbons (Fsp3) is 0.800. The first kappa shape index (κ1) is 33.3. The minimum atomic E-state index is -1.09. The molecule has 4 unspecified atom stereocenters. The number of nitrogens with two attached hydrogens (primary N) is 1. The van der Waals surface area contributed by atoms with Gasteiger partial charge in [-0.25, -0.2) is 4.79 Å². The Hall–Kier alpha value is -3.18. The first-order chi connectivity index (χ1) is 19.7. The van der Waals surface area contributed by atoms with E-state index in [2.05, 4.69) is 16.0 Å². The highest BCUT2D eigenvalue weighted by atomic mass is 16.2. The normalized spacial score (nSPS) is 21.8. The van der Waals surface area contributed by atoms with Crippen LogP contribution in [-0.2, 0) is 24.0 Å². The van der Waals surface area contributed by atoms with Crippen LogP contribution >= 0.6 is 0 Å². The average Bonchev–Trinajstić information content (AvgIpc) is 3.38. The molecule has 0 aromatic heterocycles. The van der Waals surface area contributed by atoms with Crippen LogP contribution in [0.4, 0.5) is 4.79 Å². The second-order valence-corrected chi connectivity index (χ2v) is 13.6. The summed E-state index contributed by atoms with van der Waals surface area (Å²) in [5.74, 6) is -2.42. The lowest BCUT2D eigenvalue weighted by Crippen LogP contribution is -2.61. The highest BCUT2D eigenvalue weighted by molar-refractivity contribution is 6.37. The highest BCUT2D eigenvalue weighted by Gasteiger charge is 2.43. The van der Waals surface area contributed by atoms with Crippen molar-refractivity contribution in [3.8, 4) is 0 Å². The van der Waals surface area contributed by atoms with Crippen LogP contribution in [0.15, 0.2) is 0 Å². The van der Waals surface area contributed by atoms with Gasteiger partial charge < -0.3 is 31.5 Å². The van der Waals surface area contributed by atoms with Gasteiger partial charge in [-0.15, -0.1) is 0 Å². The Morgan fingerprint density at radius 3 is 2.17 bits per heavy atom. The molecule has 0 bridgehead atoms. The van der Waals surface area contributed by atoms with E-state index in [4.69, 9.17) is 5.73 Å². The monoisotopic (exact) mass is 590 g/mol. The molecule has 236 valence electrons. The molecule has 3 aliphatic rings. The molecule has 5 N–H and O–H groups in total. The quantitative estimate of drug-likeness (QED) is 0.251. The van der Waals surface area contributed by atoms with Crippen molar-refractivity contribution in [3.05, 3.63) is 0 Å². The number of carbonyl (C=O) groups excluding carboxylic acids is 6. The molecule has 0 radical (unpaired) electrons. The standard InChI is InChI=1S/C30H50N6O6/c1-18(2)21(17-35-14-7-6-13-23(35)37)33-29(42)34-25(30(3,4)5)28(41)36-15-9-12-22(36)27(40)32-20(24(38)26(31)39)16-19-10-8-11-19/h18-22,25H,6-17H2,1-5H3,(H2,31,39)(H,32,40)(H2,33,34,42). The number of hydrogen-bond acceptors (Lipinski definition) is 6. The molecule has 0 spiro atoms. The van der Waals surface area contributed by atoms with E-state index in [-0.39, 0.29) is 29.7 Å². The number of Topliss-reactive ketones (excluding diaryl/α,β-unsaturated/α-hetero) is 1. The summed E-state index contributed by atoms with van der Waals surface area (Å²) in [4.78, 5) is 80.2. The third-order valence-corrected chi connectivity index (χ3v) is 8.86. The van der Waals surface area contributed by atoms with Gasteiger partial charge in [0.2, 0.25) is 23.5 Å². The molecule has 0 aromatic carbocycles. The fourth-order valence-electron chi connectivity index (χ4n) is 5.91. The molecule has 1 saturated carbocycles. The third-order valence-electron chi connectivity index (χ3n) is 8.86. The molecular weight excluding hydrogens is 540 g/mol. The predicted octanol–water partition coefficient (Wildman–Crippen LogP) is 1.46. The smallest absolute Gasteiger partial charge is 0.315 e. The number of piperidine rings is 1. The number of nitrogens with one attached hydrogen (secondary N) is 3. The first-order valence-electron chi connectivity index (χ1n) is 15.5. The maximum Gasteiger partial charge on any atom is 0.315 e. The molecule has 4 atom stereocenters. The number of ketones is 1. The van der Waals surface area contributed by atoms with E-state index in [9.17, 15) is 28.8 Å². The first-order valence-corrected chi connectivity index (χ1v) is 15.5. The lowest BCUT2D eigenvalue weighted by atomic mass is 9.80. The minimum Gasteiger partial charge on any atom is -0.363 e. The zero-order valence-electron chi connectivity index (χ0n) is 25.9. The van der Waals surface area contributed by atoms with Crippen molar-refractivity contribution < 1.29 is 28.8 Å². The number of primary amides is 1. The van der Waals surface area contributed by atoms with Crippen LogP contribution < -0.4 is 21.7 Å². The topological polar surface area (TPSA) is 171 Å². The van der Waals surface area contributed by atoms with Crippen molar-refractivity contribution >= 4 is 35.4 Å². The van der Waals surface area contributed by atoms with Crippen molar-refractivity contribution in [2.24, 2.45) is 23.0 Å². The number of urea groups is 1. The third kappa shape index (κ3) is 8.67. The molecule has 3 fully saturated rings. The molecule has 12 nitrogen and oxygen atoms in total. The van der Waals surface area contributed by atoms with Crippen LogP contribution in [0.3, 0.4) is 0 Å². The minimum absolute atomic E-state index is 0.0527. The molecule has 0 aromatic rings. The van der Waals surface area contributed by atoms with E-state index in [1.165, 1.54) is 4.90 Å². The van der Waals surface area contributed by atoms with Crippen molar-refractivity contribution in [1.29, 1.82) is 0 Å². The van der Waals surface area contributed by atoms with Gasteiger partial charge in [0.25, 0.3) is 5.91 Å². The van der Waals surface area contributed by atoms with Gasteiger partial charge in [-0.2, -0.15) is 0 Å². The fourth-order valence-corrected chi connectivity index (χ4v) is 5.91. The SMILES string of the molecule is CC(C)C(CN1CCCCC1=O)NC(=O)NC(C(=O)N1CCCC1C(=O)NC(CC1CCC1)C(=O)C(N)=O)C(C)(C)C. The molecule has 12 heteroatoms. The predicted molar refractivity (Wildman–Crippen MR) is 157 cm³/mol. The lowest BCUT2D eigenvalue weighted by Gasteiger charge is -2.37. The van der Waals surface area contributed by atoms with E-state index < -0.39 is 47.2 Å². The second-order valence-electron chi connectivity index (χ2n) is 13.6. The van der Waals surface area contributed by atoms with E-state index in [1.807, 2.05) is 34.6 Å². The van der Waals surface area contributed by atoms with Gasteiger partial charge in [-0.05, 0) is 49.4 Å². The maximum atomic E-state index is 13.9. The summed E-state index contributed by atoms with van der Waals surface area (Å²) in [6.45, 7) is 10.9. The summed E-state index contributed by atoms with van der Waals surface area (Å²) in [7, 11) is 0. The van der Waals surface area contributed by atoms with Gasteiger partial charge in [-0.1, -0.05) is 53.9 Å². The number of likely N-dealkylation sites (tertiary alicyclic amines) is 2. The number of carbonyl (C=O) groups is 6. The molecule has 2 heterocycles. The number of rotatable bonds is 12. The molecule has 6 amide bonds. The number of hydrogen-bond donors (Lipinski definition) is 4. The lowest BCUT2D eigenvalue weighted by molar-refractivity contribution is -0.143. The Morgan fingerprint density at radius 2 is 1.62 bits per heavy atom. The van der Waals surface area contributed by atoms with Crippen LogP contribution in [0.25, 0.3) is 0 Å². The van der Waals surface area contributed by atoms with Crippen LogP contribution in [0.2, 0.25) is 0 Å². The van der Waals surface area contributed by atoms with Crippen LogP contribution in [-0.4, -0.2) is 89.0 Å². The molecule has 3 rings (SSSR count). The van der Waals surface area contributed by atoms with Gasteiger partial charge in [0.1, 0.15) is 12.1 Å². The average molecular weight is 591 g/mol. The Bertz CT molecular complexity index is 1040. The van der Waals surface area contributed by atoms with Gasteiger partial charge in [-0.3, -0.25) is 24.0 Å². The van der Waals surface area contributed by atoms with Gasteiger partial charge in [0.05, 0.1) is 12.1 Å². The number of nitrogens with zero attached hydrogens (tertiary/aromatic N) is 2. The zero-order chi connectivity index (χ0) is 31.2. The Morgan fingerprint density at radius 1 is 0.929 bits per heavy atom. The summed E-state index contributed by atoms with van der Waals surface area (Å²) in [6, 6.07) is -3.60. The summed E-state index contributed by atoms with van der Waals surface area (Å²) < 4.78 is 0. The maximum absolute atomic E-state index is 13.9. The van der Waals surface area contributed by atoms with Crippen LogP contribution in [0.1, 0.15) is 92.4 Å². The highest BCUT2D eigenvalue weighted by Crippen LogP contribution is 2.31. The molecular formula is C30H50N6O6. The van der Waals surface area contributed by atoms with Gasteiger partial charge in [0.15, 0.2) is 0 Å². The Balaban J connectivity index is 1.68. The van der Waals surface area contributed by atoms with Crippen molar-refractivity contribution in [2.75, 3.05) is 19.6 Å². The number of amides is 6. The molecule has 42 heavy (non-hydrogen) atoms. The van der Waals surface area contributed by atoms with E-state index in [0.29, 0.717) is 45.3 Å². The largest absolute Gasteiger partial charge is 0.363 e. The van der Waals surface area contributed by atoms with Crippen LogP contribution in [0.5, 0.6) is 0 Å². The summed E-state index contributed by atoms with van der Waals surface area (Å²) in [5.41, 5.74) is 4.58.